The molecule has 2 unspecified atom stereocenters. The highest BCUT2D eigenvalue weighted by molar-refractivity contribution is 6.29. The number of carbonyl (C=O) groups excluding carboxylic acids is 1. The third-order valence-corrected chi connectivity index (χ3v) is 2.48. The summed E-state index contributed by atoms with van der Waals surface area (Å²) in [6.45, 7) is 1.71. The molecule has 0 aliphatic rings. The van der Waals surface area contributed by atoms with E-state index >= 15 is 0 Å². The molecule has 0 saturated heterocycles. The summed E-state index contributed by atoms with van der Waals surface area (Å²) in [6.07, 6.45) is -0.271. The Morgan fingerprint density at radius 2 is 2.29 bits per heavy atom. The Hall–Kier alpha value is -1.17. The van der Waals surface area contributed by atoms with Crippen LogP contribution in [0.25, 0.3) is 0 Å². The second-order valence-corrected chi connectivity index (χ2v) is 4.08. The molecular formula is C11H15ClN2O3. The SMILES string of the molecule is CC(=O)NCCC(O)C(O)c1ccnc(Cl)c1. The Morgan fingerprint density at radius 3 is 2.88 bits per heavy atom. The Balaban J connectivity index is 2.51. The summed E-state index contributed by atoms with van der Waals surface area (Å²) in [6, 6.07) is 3.08. The van der Waals surface area contributed by atoms with Gasteiger partial charge in [-0.3, -0.25) is 4.79 Å². The molecule has 17 heavy (non-hydrogen) atoms. The molecule has 3 N–H and O–H groups in total. The largest absolute Gasteiger partial charge is 0.390 e. The second kappa shape index (κ2) is 6.54. The third kappa shape index (κ3) is 4.68. The van der Waals surface area contributed by atoms with Gasteiger partial charge < -0.3 is 15.5 Å². The minimum absolute atomic E-state index is 0.168. The first-order chi connectivity index (χ1) is 8.00. The van der Waals surface area contributed by atoms with Gasteiger partial charge in [-0.15, -0.1) is 0 Å². The predicted octanol–water partition coefficient (Wildman–Crippen LogP) is 0.655. The molecule has 0 spiro atoms. The van der Waals surface area contributed by atoms with Crippen LogP contribution in [0.15, 0.2) is 18.3 Å². The third-order valence-electron chi connectivity index (χ3n) is 2.27. The number of aromatic nitrogens is 1. The number of nitrogens with one attached hydrogen (secondary N) is 1. The minimum atomic E-state index is -1.04. The first-order valence-electron chi connectivity index (χ1n) is 5.22. The standard InChI is InChI=1S/C11H15ClN2O3/c1-7(15)13-5-3-9(16)11(17)8-2-4-14-10(12)6-8/h2,4,6,9,11,16-17H,3,5H2,1H3,(H,13,15). The number of hydrogen-bond donors (Lipinski definition) is 3. The average molecular weight is 259 g/mol. The first-order valence-corrected chi connectivity index (χ1v) is 5.60. The van der Waals surface area contributed by atoms with E-state index in [2.05, 4.69) is 10.3 Å². The van der Waals surface area contributed by atoms with Crippen LogP contribution < -0.4 is 5.32 Å². The van der Waals surface area contributed by atoms with Crippen LogP contribution in [0.2, 0.25) is 5.15 Å². The van der Waals surface area contributed by atoms with E-state index in [4.69, 9.17) is 11.6 Å². The highest BCUT2D eigenvalue weighted by Gasteiger charge is 2.18. The monoisotopic (exact) mass is 258 g/mol. The second-order valence-electron chi connectivity index (χ2n) is 3.70. The first kappa shape index (κ1) is 13.9. The van der Waals surface area contributed by atoms with Crippen molar-refractivity contribution in [3.8, 4) is 0 Å². The summed E-state index contributed by atoms with van der Waals surface area (Å²) in [5, 5.41) is 22.3. The van der Waals surface area contributed by atoms with E-state index in [1.807, 2.05) is 0 Å². The molecule has 1 aromatic rings. The molecule has 6 heteroatoms. The fraction of sp³-hybridized carbons (Fsp3) is 0.455. The Kier molecular flexibility index (Phi) is 5.34. The molecule has 94 valence electrons. The molecule has 0 saturated carbocycles. The van der Waals surface area contributed by atoms with Crippen molar-refractivity contribution >= 4 is 17.5 Å². The Morgan fingerprint density at radius 1 is 1.59 bits per heavy atom. The normalized spacial score (nSPS) is 14.1. The number of rotatable bonds is 5. The number of aliphatic hydroxyl groups is 2. The Labute approximate surface area is 104 Å². The number of amides is 1. The molecule has 1 heterocycles. The summed E-state index contributed by atoms with van der Waals surface area (Å²) < 4.78 is 0. The van der Waals surface area contributed by atoms with E-state index < -0.39 is 12.2 Å². The van der Waals surface area contributed by atoms with Crippen LogP contribution in [-0.2, 0) is 4.79 Å². The van der Waals surface area contributed by atoms with Gasteiger partial charge in [0.05, 0.1) is 6.10 Å². The molecule has 1 rings (SSSR count). The molecular weight excluding hydrogens is 244 g/mol. The highest BCUT2D eigenvalue weighted by atomic mass is 35.5. The topological polar surface area (TPSA) is 82.5 Å². The van der Waals surface area contributed by atoms with Gasteiger partial charge in [-0.05, 0) is 24.1 Å². The van der Waals surface area contributed by atoms with Crippen LogP contribution in [0.4, 0.5) is 0 Å². The van der Waals surface area contributed by atoms with Gasteiger partial charge in [-0.1, -0.05) is 11.6 Å². The predicted molar refractivity (Wildman–Crippen MR) is 63.5 cm³/mol. The van der Waals surface area contributed by atoms with E-state index in [1.165, 1.54) is 19.2 Å². The number of pyridine rings is 1. The Bertz CT molecular complexity index is 387. The van der Waals surface area contributed by atoms with Crippen molar-refractivity contribution in [2.75, 3.05) is 6.54 Å². The molecule has 0 bridgehead atoms. The number of aliphatic hydroxyl groups excluding tert-OH is 2. The highest BCUT2D eigenvalue weighted by Crippen LogP contribution is 2.20. The van der Waals surface area contributed by atoms with Crippen LogP contribution >= 0.6 is 11.6 Å². The molecule has 1 amide bonds. The molecule has 0 aliphatic carbocycles. The maximum atomic E-state index is 10.6. The quantitative estimate of drug-likeness (QED) is 0.678. The van der Waals surface area contributed by atoms with Crippen LogP contribution in [-0.4, -0.2) is 33.8 Å². The molecule has 5 nitrogen and oxygen atoms in total. The van der Waals surface area contributed by atoms with Crippen molar-refractivity contribution in [1.82, 2.24) is 10.3 Å². The molecule has 0 aliphatic heterocycles. The summed E-state index contributed by atoms with van der Waals surface area (Å²) in [4.78, 5) is 14.4. The summed E-state index contributed by atoms with van der Waals surface area (Å²) in [5.74, 6) is -0.168. The van der Waals surface area contributed by atoms with Gasteiger partial charge in [0.25, 0.3) is 0 Å². The maximum Gasteiger partial charge on any atom is 0.216 e. The lowest BCUT2D eigenvalue weighted by Gasteiger charge is -2.18. The van der Waals surface area contributed by atoms with Crippen molar-refractivity contribution < 1.29 is 15.0 Å². The van der Waals surface area contributed by atoms with E-state index in [9.17, 15) is 15.0 Å². The number of halogens is 1. The van der Waals surface area contributed by atoms with E-state index in [-0.39, 0.29) is 17.5 Å². The van der Waals surface area contributed by atoms with Crippen LogP contribution in [0, 0.1) is 0 Å². The fourth-order valence-corrected chi connectivity index (χ4v) is 1.56. The van der Waals surface area contributed by atoms with Crippen molar-refractivity contribution in [3.05, 3.63) is 29.0 Å². The minimum Gasteiger partial charge on any atom is -0.390 e. The molecule has 0 radical (unpaired) electrons. The van der Waals surface area contributed by atoms with Gasteiger partial charge in [0.1, 0.15) is 11.3 Å². The van der Waals surface area contributed by atoms with Gasteiger partial charge >= 0.3 is 0 Å². The van der Waals surface area contributed by atoms with E-state index in [0.717, 1.165) is 0 Å². The van der Waals surface area contributed by atoms with Crippen molar-refractivity contribution in [3.63, 3.8) is 0 Å². The smallest absolute Gasteiger partial charge is 0.216 e. The summed E-state index contributed by atoms with van der Waals surface area (Å²) in [7, 11) is 0. The molecule has 1 aromatic heterocycles. The number of carbonyl (C=O) groups is 1. The van der Waals surface area contributed by atoms with Gasteiger partial charge in [-0.2, -0.15) is 0 Å². The number of hydrogen-bond acceptors (Lipinski definition) is 4. The van der Waals surface area contributed by atoms with E-state index in [1.54, 1.807) is 6.07 Å². The van der Waals surface area contributed by atoms with Crippen molar-refractivity contribution in [2.45, 2.75) is 25.6 Å². The molecule has 0 fully saturated rings. The van der Waals surface area contributed by atoms with Crippen LogP contribution in [0.1, 0.15) is 25.0 Å². The lowest BCUT2D eigenvalue weighted by atomic mass is 10.0. The summed E-state index contributed by atoms with van der Waals surface area (Å²) in [5.41, 5.74) is 0.500. The summed E-state index contributed by atoms with van der Waals surface area (Å²) >= 11 is 5.68. The van der Waals surface area contributed by atoms with Crippen LogP contribution in [0.3, 0.4) is 0 Å². The molecule has 0 aromatic carbocycles. The molecule has 2 atom stereocenters. The van der Waals surface area contributed by atoms with Gasteiger partial charge in [-0.25, -0.2) is 4.98 Å². The average Bonchev–Trinajstić information content (AvgIpc) is 2.27. The van der Waals surface area contributed by atoms with Gasteiger partial charge in [0.15, 0.2) is 0 Å². The van der Waals surface area contributed by atoms with Gasteiger partial charge in [0, 0.05) is 19.7 Å². The van der Waals surface area contributed by atoms with Crippen molar-refractivity contribution in [2.24, 2.45) is 0 Å². The maximum absolute atomic E-state index is 10.6. The lowest BCUT2D eigenvalue weighted by molar-refractivity contribution is -0.119. The fourth-order valence-electron chi connectivity index (χ4n) is 1.38. The van der Waals surface area contributed by atoms with Crippen molar-refractivity contribution in [1.29, 1.82) is 0 Å². The number of nitrogens with zero attached hydrogens (tertiary/aromatic N) is 1. The van der Waals surface area contributed by atoms with E-state index in [0.29, 0.717) is 12.1 Å². The zero-order valence-corrected chi connectivity index (χ0v) is 10.2. The van der Waals surface area contributed by atoms with Gasteiger partial charge in [0.2, 0.25) is 5.91 Å². The zero-order valence-electron chi connectivity index (χ0n) is 9.43. The zero-order chi connectivity index (χ0) is 12.8. The lowest BCUT2D eigenvalue weighted by Crippen LogP contribution is -2.27. The van der Waals surface area contributed by atoms with Crippen LogP contribution in [0.5, 0.6) is 0 Å².